The molecule has 0 saturated heterocycles. The van der Waals surface area contributed by atoms with Crippen LogP contribution in [0.4, 0.5) is 0 Å². The molecule has 0 radical (unpaired) electrons. The van der Waals surface area contributed by atoms with Crippen molar-refractivity contribution < 1.29 is 4.21 Å². The Bertz CT molecular complexity index is 281. The zero-order valence-corrected chi connectivity index (χ0v) is 9.20. The van der Waals surface area contributed by atoms with Gasteiger partial charge >= 0.3 is 0 Å². The molecule has 3 heteroatoms. The summed E-state index contributed by atoms with van der Waals surface area (Å²) in [5.74, 6) is 0.748. The van der Waals surface area contributed by atoms with E-state index in [4.69, 9.17) is 11.6 Å². The van der Waals surface area contributed by atoms with Crippen molar-refractivity contribution in [2.45, 2.75) is 24.7 Å². The van der Waals surface area contributed by atoms with Crippen LogP contribution in [-0.2, 0) is 10.8 Å². The average Bonchev–Trinajstić information content (AvgIpc) is 2.15. The van der Waals surface area contributed by atoms with Gasteiger partial charge in [-0.15, -0.1) is 0 Å². The third-order valence-corrected chi connectivity index (χ3v) is 3.47. The highest BCUT2D eigenvalue weighted by Gasteiger charge is 2.01. The molecule has 0 unspecified atom stereocenters. The third-order valence-electron chi connectivity index (χ3n) is 1.76. The van der Waals surface area contributed by atoms with Crippen LogP contribution in [0, 0.1) is 0 Å². The van der Waals surface area contributed by atoms with Crippen molar-refractivity contribution in [1.82, 2.24) is 0 Å². The molecule has 0 aliphatic heterocycles. The molecular weight excluding hydrogens is 204 g/mol. The Kier molecular flexibility index (Phi) is 4.46. The highest BCUT2D eigenvalue weighted by atomic mass is 35.5. The maximum absolute atomic E-state index is 11.6. The fourth-order valence-electron chi connectivity index (χ4n) is 0.980. The summed E-state index contributed by atoms with van der Waals surface area (Å²) in [5.41, 5.74) is 0. The van der Waals surface area contributed by atoms with Gasteiger partial charge in [0.1, 0.15) is 0 Å². The van der Waals surface area contributed by atoms with E-state index in [0.717, 1.165) is 23.5 Å². The zero-order valence-electron chi connectivity index (χ0n) is 7.63. The summed E-state index contributed by atoms with van der Waals surface area (Å²) in [5, 5.41) is 0.691. The van der Waals surface area contributed by atoms with E-state index in [1.165, 1.54) is 0 Å². The van der Waals surface area contributed by atoms with Crippen LogP contribution in [0.5, 0.6) is 0 Å². The van der Waals surface area contributed by atoms with Gasteiger partial charge in [0, 0.05) is 15.7 Å². The van der Waals surface area contributed by atoms with Gasteiger partial charge in [0.15, 0.2) is 0 Å². The Morgan fingerprint density at radius 3 is 2.46 bits per heavy atom. The van der Waals surface area contributed by atoms with Gasteiger partial charge in [0.05, 0.1) is 10.8 Å². The maximum Gasteiger partial charge on any atom is 0.0529 e. The largest absolute Gasteiger partial charge is 0.254 e. The molecule has 0 amide bonds. The average molecular weight is 217 g/mol. The molecule has 1 aromatic rings. The molecular formula is C10H13ClOS. The van der Waals surface area contributed by atoms with Gasteiger partial charge < -0.3 is 0 Å². The Hall–Kier alpha value is -0.340. The normalized spacial score (nSPS) is 12.8. The summed E-state index contributed by atoms with van der Waals surface area (Å²) in [6, 6.07) is 7.21. The first-order chi connectivity index (χ1) is 6.24. The Morgan fingerprint density at radius 2 is 1.92 bits per heavy atom. The van der Waals surface area contributed by atoms with Crippen LogP contribution in [0.15, 0.2) is 29.2 Å². The lowest BCUT2D eigenvalue weighted by atomic mass is 10.4. The molecule has 1 aromatic carbocycles. The van der Waals surface area contributed by atoms with Gasteiger partial charge in [0.2, 0.25) is 0 Å². The van der Waals surface area contributed by atoms with Crippen LogP contribution in [0.2, 0.25) is 5.02 Å². The second-order valence-electron chi connectivity index (χ2n) is 2.86. The zero-order chi connectivity index (χ0) is 9.68. The van der Waals surface area contributed by atoms with Gasteiger partial charge in [-0.3, -0.25) is 4.21 Å². The molecule has 0 bridgehead atoms. The Balaban J connectivity index is 2.61. The monoisotopic (exact) mass is 216 g/mol. The summed E-state index contributed by atoms with van der Waals surface area (Å²) in [6.07, 6.45) is 2.09. The minimum atomic E-state index is -0.850. The van der Waals surface area contributed by atoms with Crippen molar-refractivity contribution in [2.24, 2.45) is 0 Å². The Labute approximate surface area is 86.6 Å². The molecule has 13 heavy (non-hydrogen) atoms. The predicted molar refractivity (Wildman–Crippen MR) is 57.6 cm³/mol. The number of benzene rings is 1. The van der Waals surface area contributed by atoms with E-state index >= 15 is 0 Å². The van der Waals surface area contributed by atoms with Crippen molar-refractivity contribution >= 4 is 22.4 Å². The molecule has 0 fully saturated rings. The summed E-state index contributed by atoms with van der Waals surface area (Å²) < 4.78 is 11.6. The van der Waals surface area contributed by atoms with E-state index in [-0.39, 0.29) is 0 Å². The van der Waals surface area contributed by atoms with Gasteiger partial charge in [-0.05, 0) is 30.7 Å². The molecule has 1 atom stereocenters. The van der Waals surface area contributed by atoms with E-state index in [0.29, 0.717) is 5.02 Å². The Morgan fingerprint density at radius 1 is 1.31 bits per heavy atom. The lowest BCUT2D eigenvalue weighted by Gasteiger charge is -2.00. The van der Waals surface area contributed by atoms with Gasteiger partial charge in [0.25, 0.3) is 0 Å². The molecule has 72 valence electrons. The van der Waals surface area contributed by atoms with Crippen LogP contribution in [0.3, 0.4) is 0 Å². The molecule has 0 heterocycles. The molecule has 0 aliphatic rings. The highest BCUT2D eigenvalue weighted by molar-refractivity contribution is 7.85. The summed E-state index contributed by atoms with van der Waals surface area (Å²) in [6.45, 7) is 2.10. The summed E-state index contributed by atoms with van der Waals surface area (Å²) in [4.78, 5) is 0.873. The van der Waals surface area contributed by atoms with Crippen LogP contribution in [0.1, 0.15) is 19.8 Å². The predicted octanol–water partition coefficient (Wildman–Crippen LogP) is 3.25. The minimum Gasteiger partial charge on any atom is -0.254 e. The lowest BCUT2D eigenvalue weighted by Crippen LogP contribution is -1.96. The minimum absolute atomic E-state index is 0.691. The number of halogens is 1. The second kappa shape index (κ2) is 5.40. The topological polar surface area (TPSA) is 17.1 Å². The summed E-state index contributed by atoms with van der Waals surface area (Å²) >= 11 is 5.72. The smallest absolute Gasteiger partial charge is 0.0529 e. The fourth-order valence-corrected chi connectivity index (χ4v) is 2.33. The van der Waals surface area contributed by atoms with E-state index in [1.807, 2.05) is 12.1 Å². The fraction of sp³-hybridized carbons (Fsp3) is 0.400. The maximum atomic E-state index is 11.6. The van der Waals surface area contributed by atoms with Gasteiger partial charge in [-0.2, -0.15) is 0 Å². The number of unbranched alkanes of at least 4 members (excludes halogenated alkanes) is 1. The first-order valence-corrected chi connectivity index (χ1v) is 6.07. The number of hydrogen-bond donors (Lipinski definition) is 0. The van der Waals surface area contributed by atoms with Crippen molar-refractivity contribution in [3.8, 4) is 0 Å². The van der Waals surface area contributed by atoms with Crippen LogP contribution in [-0.4, -0.2) is 9.96 Å². The van der Waals surface area contributed by atoms with Crippen molar-refractivity contribution in [3.05, 3.63) is 29.3 Å². The molecule has 0 aromatic heterocycles. The van der Waals surface area contributed by atoms with Crippen molar-refractivity contribution in [2.75, 3.05) is 5.75 Å². The van der Waals surface area contributed by atoms with E-state index in [2.05, 4.69) is 6.92 Å². The lowest BCUT2D eigenvalue weighted by molar-refractivity contribution is 0.679. The van der Waals surface area contributed by atoms with Gasteiger partial charge in [-0.25, -0.2) is 0 Å². The van der Waals surface area contributed by atoms with E-state index in [9.17, 15) is 4.21 Å². The molecule has 0 aliphatic carbocycles. The van der Waals surface area contributed by atoms with Crippen molar-refractivity contribution in [1.29, 1.82) is 0 Å². The molecule has 0 N–H and O–H groups in total. The number of rotatable bonds is 4. The first-order valence-electron chi connectivity index (χ1n) is 4.38. The quantitative estimate of drug-likeness (QED) is 0.755. The molecule has 1 nitrogen and oxygen atoms in total. The van der Waals surface area contributed by atoms with Crippen LogP contribution >= 0.6 is 11.6 Å². The number of hydrogen-bond acceptors (Lipinski definition) is 1. The molecule has 0 spiro atoms. The first kappa shape index (κ1) is 10.7. The van der Waals surface area contributed by atoms with Crippen LogP contribution < -0.4 is 0 Å². The van der Waals surface area contributed by atoms with Crippen LogP contribution in [0.25, 0.3) is 0 Å². The highest BCUT2D eigenvalue weighted by Crippen LogP contribution is 2.13. The van der Waals surface area contributed by atoms with Crippen molar-refractivity contribution in [3.63, 3.8) is 0 Å². The molecule has 0 saturated carbocycles. The van der Waals surface area contributed by atoms with E-state index in [1.54, 1.807) is 12.1 Å². The summed E-state index contributed by atoms with van der Waals surface area (Å²) in [7, 11) is -0.850. The standard InChI is InChI=1S/C10H13ClOS/c1-2-3-8-13(12)10-6-4-9(11)5-7-10/h4-7H,2-3,8H2,1H3/t13-/m0/s1. The second-order valence-corrected chi connectivity index (χ2v) is 4.86. The molecule has 1 rings (SSSR count). The SMILES string of the molecule is CCCC[S@](=O)c1ccc(Cl)cc1. The third kappa shape index (κ3) is 3.49. The van der Waals surface area contributed by atoms with Gasteiger partial charge in [-0.1, -0.05) is 24.9 Å². The van der Waals surface area contributed by atoms with E-state index < -0.39 is 10.8 Å².